The van der Waals surface area contributed by atoms with Crippen LogP contribution in [0.5, 0.6) is 0 Å². The summed E-state index contributed by atoms with van der Waals surface area (Å²) in [6.07, 6.45) is 0.898. The molecule has 96 valence electrons. The van der Waals surface area contributed by atoms with Crippen molar-refractivity contribution in [2.24, 2.45) is 5.73 Å². The molecule has 17 heavy (non-hydrogen) atoms. The van der Waals surface area contributed by atoms with E-state index in [0.29, 0.717) is 11.4 Å². The summed E-state index contributed by atoms with van der Waals surface area (Å²) in [6, 6.07) is 6.77. The number of likely N-dealkylation sites (N-methyl/N-ethyl adjacent to an activating group) is 1. The fourth-order valence-corrected chi connectivity index (χ4v) is 2.82. The molecule has 1 rings (SSSR count). The third-order valence-electron chi connectivity index (χ3n) is 2.97. The van der Waals surface area contributed by atoms with Gasteiger partial charge in [-0.1, -0.05) is 19.1 Å². The van der Waals surface area contributed by atoms with E-state index >= 15 is 0 Å². The molecular formula is C12H20N2O2S. The number of rotatable bonds is 5. The molecule has 0 aliphatic heterocycles. The second-order valence-electron chi connectivity index (χ2n) is 4.10. The predicted molar refractivity (Wildman–Crippen MR) is 69.3 cm³/mol. The third kappa shape index (κ3) is 3.06. The Hall–Kier alpha value is -0.910. The van der Waals surface area contributed by atoms with Crippen LogP contribution in [0, 0.1) is 0 Å². The van der Waals surface area contributed by atoms with E-state index in [2.05, 4.69) is 0 Å². The van der Waals surface area contributed by atoms with Crippen molar-refractivity contribution in [2.45, 2.75) is 31.2 Å². The quantitative estimate of drug-likeness (QED) is 0.861. The molecule has 1 aromatic carbocycles. The summed E-state index contributed by atoms with van der Waals surface area (Å²) in [7, 11) is -1.87. The van der Waals surface area contributed by atoms with E-state index in [1.54, 1.807) is 26.1 Å². The zero-order valence-electron chi connectivity index (χ0n) is 10.6. The molecule has 0 saturated carbocycles. The van der Waals surface area contributed by atoms with Crippen molar-refractivity contribution < 1.29 is 8.42 Å². The van der Waals surface area contributed by atoms with Crippen molar-refractivity contribution in [3.8, 4) is 0 Å². The van der Waals surface area contributed by atoms with Gasteiger partial charge in [0, 0.05) is 19.6 Å². The van der Waals surface area contributed by atoms with Crippen LogP contribution in [0.1, 0.15) is 19.4 Å². The smallest absolute Gasteiger partial charge is 0.243 e. The number of nitrogens with two attached hydrogens (primary N) is 1. The van der Waals surface area contributed by atoms with Crippen molar-refractivity contribution in [2.75, 3.05) is 13.6 Å². The highest BCUT2D eigenvalue weighted by molar-refractivity contribution is 7.89. The summed E-state index contributed by atoms with van der Waals surface area (Å²) >= 11 is 0. The number of benzene rings is 1. The van der Waals surface area contributed by atoms with Crippen molar-refractivity contribution in [3.63, 3.8) is 0 Å². The highest BCUT2D eigenvalue weighted by Gasteiger charge is 2.24. The van der Waals surface area contributed by atoms with Gasteiger partial charge in [0.05, 0.1) is 4.90 Å². The molecule has 0 radical (unpaired) electrons. The molecule has 0 spiro atoms. The number of hydrogen-bond donors (Lipinski definition) is 1. The van der Waals surface area contributed by atoms with Gasteiger partial charge >= 0.3 is 0 Å². The lowest BCUT2D eigenvalue weighted by atomic mass is 10.2. The Labute approximate surface area is 103 Å². The molecular weight excluding hydrogens is 236 g/mol. The standard InChI is InChI=1S/C12H20N2O2S/c1-4-11-5-7-12(8-6-11)17(15,16)14(3)10(2)9-13/h5-8,10H,4,9,13H2,1-3H3. The SMILES string of the molecule is CCc1ccc(S(=O)(=O)N(C)C(C)CN)cc1. The zero-order chi connectivity index (χ0) is 13.1. The zero-order valence-corrected chi connectivity index (χ0v) is 11.4. The van der Waals surface area contributed by atoms with Crippen LogP contribution in [-0.2, 0) is 16.4 Å². The van der Waals surface area contributed by atoms with Gasteiger partial charge in [0.25, 0.3) is 0 Å². The van der Waals surface area contributed by atoms with Crippen molar-refractivity contribution >= 4 is 10.0 Å². The number of hydrogen-bond acceptors (Lipinski definition) is 3. The van der Waals surface area contributed by atoms with E-state index in [0.717, 1.165) is 12.0 Å². The first-order chi connectivity index (χ1) is 7.93. The van der Waals surface area contributed by atoms with Gasteiger partial charge in [0.1, 0.15) is 0 Å². The van der Waals surface area contributed by atoms with Crippen LogP contribution >= 0.6 is 0 Å². The van der Waals surface area contributed by atoms with Gasteiger partial charge in [-0.2, -0.15) is 4.31 Å². The van der Waals surface area contributed by atoms with Crippen molar-refractivity contribution in [1.82, 2.24) is 4.31 Å². The summed E-state index contributed by atoms with van der Waals surface area (Å²) in [5.74, 6) is 0. The number of aryl methyl sites for hydroxylation is 1. The molecule has 1 unspecified atom stereocenters. The largest absolute Gasteiger partial charge is 0.329 e. The van der Waals surface area contributed by atoms with E-state index in [-0.39, 0.29) is 6.04 Å². The average Bonchev–Trinajstić information content (AvgIpc) is 2.36. The lowest BCUT2D eigenvalue weighted by molar-refractivity contribution is 0.394. The van der Waals surface area contributed by atoms with Crippen LogP contribution in [0.2, 0.25) is 0 Å². The van der Waals surface area contributed by atoms with E-state index in [1.165, 1.54) is 4.31 Å². The highest BCUT2D eigenvalue weighted by atomic mass is 32.2. The maximum absolute atomic E-state index is 12.2. The predicted octanol–water partition coefficient (Wildman–Crippen LogP) is 1.22. The minimum absolute atomic E-state index is 0.203. The number of nitrogens with zero attached hydrogens (tertiary/aromatic N) is 1. The summed E-state index contributed by atoms with van der Waals surface area (Å²) in [5, 5.41) is 0. The van der Waals surface area contributed by atoms with E-state index < -0.39 is 10.0 Å². The molecule has 4 nitrogen and oxygen atoms in total. The average molecular weight is 256 g/mol. The Balaban J connectivity index is 3.04. The fraction of sp³-hybridized carbons (Fsp3) is 0.500. The fourth-order valence-electron chi connectivity index (χ4n) is 1.45. The molecule has 0 aliphatic carbocycles. The van der Waals surface area contributed by atoms with E-state index in [1.807, 2.05) is 19.1 Å². The number of sulfonamides is 1. The van der Waals surface area contributed by atoms with Gasteiger partial charge in [0.15, 0.2) is 0 Å². The van der Waals surface area contributed by atoms with Crippen LogP contribution in [0.15, 0.2) is 29.2 Å². The van der Waals surface area contributed by atoms with Crippen LogP contribution < -0.4 is 5.73 Å². The van der Waals surface area contributed by atoms with Gasteiger partial charge in [-0.05, 0) is 31.0 Å². The second kappa shape index (κ2) is 5.62. The molecule has 5 heteroatoms. The Bertz CT molecular complexity index is 454. The molecule has 0 bridgehead atoms. The first kappa shape index (κ1) is 14.2. The Morgan fingerprint density at radius 3 is 2.24 bits per heavy atom. The summed E-state index contributed by atoms with van der Waals surface area (Å²) < 4.78 is 25.7. The summed E-state index contributed by atoms with van der Waals surface area (Å²) in [5.41, 5.74) is 6.61. The maximum Gasteiger partial charge on any atom is 0.243 e. The van der Waals surface area contributed by atoms with Crippen LogP contribution in [0.25, 0.3) is 0 Å². The summed E-state index contributed by atoms with van der Waals surface area (Å²) in [6.45, 7) is 4.13. The van der Waals surface area contributed by atoms with Crippen molar-refractivity contribution in [3.05, 3.63) is 29.8 Å². The molecule has 0 aromatic heterocycles. The maximum atomic E-state index is 12.2. The molecule has 1 atom stereocenters. The lowest BCUT2D eigenvalue weighted by Crippen LogP contribution is -2.39. The van der Waals surface area contributed by atoms with Crippen LogP contribution in [-0.4, -0.2) is 32.4 Å². The monoisotopic (exact) mass is 256 g/mol. The minimum Gasteiger partial charge on any atom is -0.329 e. The second-order valence-corrected chi connectivity index (χ2v) is 6.10. The van der Waals surface area contributed by atoms with E-state index in [9.17, 15) is 8.42 Å². The van der Waals surface area contributed by atoms with Gasteiger partial charge in [-0.3, -0.25) is 0 Å². The molecule has 0 aliphatic rings. The first-order valence-electron chi connectivity index (χ1n) is 5.70. The molecule has 0 amide bonds. The van der Waals surface area contributed by atoms with Crippen molar-refractivity contribution in [1.29, 1.82) is 0 Å². The van der Waals surface area contributed by atoms with Gasteiger partial charge < -0.3 is 5.73 Å². The molecule has 0 saturated heterocycles. The summed E-state index contributed by atoms with van der Waals surface area (Å²) in [4.78, 5) is 0.317. The Morgan fingerprint density at radius 1 is 1.29 bits per heavy atom. The van der Waals surface area contributed by atoms with Crippen LogP contribution in [0.3, 0.4) is 0 Å². The van der Waals surface area contributed by atoms with Gasteiger partial charge in [-0.25, -0.2) is 8.42 Å². The first-order valence-corrected chi connectivity index (χ1v) is 7.14. The van der Waals surface area contributed by atoms with Crippen LogP contribution in [0.4, 0.5) is 0 Å². The third-order valence-corrected chi connectivity index (χ3v) is 4.96. The molecule has 2 N–H and O–H groups in total. The normalized spacial score (nSPS) is 13.9. The molecule has 1 aromatic rings. The van der Waals surface area contributed by atoms with Gasteiger partial charge in [0.2, 0.25) is 10.0 Å². The lowest BCUT2D eigenvalue weighted by Gasteiger charge is -2.23. The molecule has 0 heterocycles. The Kier molecular flexibility index (Phi) is 4.68. The Morgan fingerprint density at radius 2 is 1.82 bits per heavy atom. The molecule has 0 fully saturated rings. The minimum atomic E-state index is -3.42. The van der Waals surface area contributed by atoms with E-state index in [4.69, 9.17) is 5.73 Å². The van der Waals surface area contributed by atoms with Gasteiger partial charge in [-0.15, -0.1) is 0 Å². The topological polar surface area (TPSA) is 63.4 Å². The highest BCUT2D eigenvalue weighted by Crippen LogP contribution is 2.17.